The van der Waals surface area contributed by atoms with Crippen molar-refractivity contribution in [2.75, 3.05) is 0 Å². The van der Waals surface area contributed by atoms with E-state index in [4.69, 9.17) is 16.3 Å². The predicted octanol–water partition coefficient (Wildman–Crippen LogP) is 4.84. The summed E-state index contributed by atoms with van der Waals surface area (Å²) in [5, 5.41) is 11.3. The van der Waals surface area contributed by atoms with E-state index in [-0.39, 0.29) is 0 Å². The van der Waals surface area contributed by atoms with Gasteiger partial charge in [-0.2, -0.15) is 0 Å². The molecule has 0 saturated carbocycles. The molecule has 3 aromatic rings. The van der Waals surface area contributed by atoms with Crippen LogP contribution in [0.2, 0.25) is 5.02 Å². The molecule has 0 aliphatic carbocycles. The summed E-state index contributed by atoms with van der Waals surface area (Å²) in [6.07, 6.45) is 0. The second-order valence-corrected chi connectivity index (χ2v) is 5.78. The molecule has 4 heteroatoms. The molecule has 0 atom stereocenters. The first-order valence-electron chi connectivity index (χ1n) is 5.80. The molecule has 1 aromatic heterocycles. The lowest BCUT2D eigenvalue weighted by Crippen LogP contribution is -1.91. The number of hydrogen-bond acceptors (Lipinski definition) is 3. The number of halogens is 1. The molecular weight excluding hydrogens is 280 g/mol. The lowest BCUT2D eigenvalue weighted by Gasteiger charge is -2.03. The van der Waals surface area contributed by atoms with Gasteiger partial charge in [0, 0.05) is 14.6 Å². The van der Waals surface area contributed by atoms with Crippen molar-refractivity contribution in [1.29, 1.82) is 0 Å². The van der Waals surface area contributed by atoms with E-state index in [0.717, 1.165) is 20.7 Å². The van der Waals surface area contributed by atoms with Crippen molar-refractivity contribution < 1.29 is 9.84 Å². The Morgan fingerprint density at radius 3 is 2.63 bits per heavy atom. The Labute approximate surface area is 119 Å². The molecule has 0 saturated heterocycles. The van der Waals surface area contributed by atoms with Crippen LogP contribution in [0, 0.1) is 0 Å². The Hall–Kier alpha value is -1.71. The van der Waals surface area contributed by atoms with E-state index in [1.54, 1.807) is 35.6 Å². The molecule has 0 bridgehead atoms. The van der Waals surface area contributed by atoms with Gasteiger partial charge in [0.15, 0.2) is 0 Å². The van der Waals surface area contributed by atoms with Crippen LogP contribution in [0.25, 0.3) is 10.1 Å². The summed E-state index contributed by atoms with van der Waals surface area (Å²) in [4.78, 5) is 1.12. The maximum Gasteiger partial charge on any atom is 0.122 e. The molecule has 19 heavy (non-hydrogen) atoms. The van der Waals surface area contributed by atoms with E-state index in [2.05, 4.69) is 6.07 Å². The van der Waals surface area contributed by atoms with Gasteiger partial charge in [-0.3, -0.25) is 0 Å². The third-order valence-electron chi connectivity index (χ3n) is 2.75. The minimum Gasteiger partial charge on any atom is -0.508 e. The highest BCUT2D eigenvalue weighted by atomic mass is 35.5. The molecule has 1 N–H and O–H groups in total. The van der Waals surface area contributed by atoms with Gasteiger partial charge in [0.1, 0.15) is 18.1 Å². The maximum atomic E-state index is 9.44. The van der Waals surface area contributed by atoms with E-state index >= 15 is 0 Å². The van der Waals surface area contributed by atoms with Crippen LogP contribution in [0.3, 0.4) is 0 Å². The summed E-state index contributed by atoms with van der Waals surface area (Å²) in [6.45, 7) is 0.516. The number of fused-ring (bicyclic) bond motifs is 1. The van der Waals surface area contributed by atoms with Crippen LogP contribution in [-0.2, 0) is 6.61 Å². The van der Waals surface area contributed by atoms with Gasteiger partial charge in [-0.05, 0) is 53.9 Å². The van der Waals surface area contributed by atoms with Crippen LogP contribution >= 0.6 is 22.9 Å². The van der Waals surface area contributed by atoms with Crippen molar-refractivity contribution in [1.82, 2.24) is 0 Å². The normalized spacial score (nSPS) is 10.8. The number of aromatic hydroxyl groups is 1. The van der Waals surface area contributed by atoms with E-state index in [1.165, 1.54) is 0 Å². The van der Waals surface area contributed by atoms with Crippen LogP contribution in [0.1, 0.15) is 4.88 Å². The third-order valence-corrected chi connectivity index (χ3v) is 4.07. The van der Waals surface area contributed by atoms with E-state index in [1.807, 2.05) is 18.2 Å². The van der Waals surface area contributed by atoms with Crippen molar-refractivity contribution in [2.24, 2.45) is 0 Å². The van der Waals surface area contributed by atoms with Crippen molar-refractivity contribution in [3.8, 4) is 11.5 Å². The summed E-state index contributed by atoms with van der Waals surface area (Å²) < 4.78 is 6.76. The first-order chi connectivity index (χ1) is 9.20. The van der Waals surface area contributed by atoms with E-state index in [0.29, 0.717) is 17.4 Å². The average Bonchev–Trinajstić information content (AvgIpc) is 2.80. The van der Waals surface area contributed by atoms with E-state index < -0.39 is 0 Å². The van der Waals surface area contributed by atoms with Gasteiger partial charge in [0.2, 0.25) is 0 Å². The number of hydrogen-bond donors (Lipinski definition) is 1. The predicted molar refractivity (Wildman–Crippen MR) is 79.3 cm³/mol. The van der Waals surface area contributed by atoms with Gasteiger partial charge in [0.05, 0.1) is 0 Å². The van der Waals surface area contributed by atoms with Crippen LogP contribution in [0.5, 0.6) is 11.5 Å². The third kappa shape index (κ3) is 2.83. The number of benzene rings is 2. The molecule has 0 fully saturated rings. The second-order valence-electron chi connectivity index (χ2n) is 4.18. The molecule has 0 radical (unpaired) electrons. The lowest BCUT2D eigenvalue weighted by atomic mass is 10.2. The summed E-state index contributed by atoms with van der Waals surface area (Å²) in [5.74, 6) is 1.09. The molecule has 2 nitrogen and oxygen atoms in total. The Balaban J connectivity index is 1.76. The molecule has 1 heterocycles. The summed E-state index contributed by atoms with van der Waals surface area (Å²) in [7, 11) is 0. The summed E-state index contributed by atoms with van der Waals surface area (Å²) >= 11 is 7.44. The summed E-state index contributed by atoms with van der Waals surface area (Å²) in [5.41, 5.74) is 0. The molecule has 0 unspecified atom stereocenters. The van der Waals surface area contributed by atoms with Gasteiger partial charge >= 0.3 is 0 Å². The highest BCUT2D eigenvalue weighted by Gasteiger charge is 2.03. The molecule has 0 aliphatic rings. The lowest BCUT2D eigenvalue weighted by molar-refractivity contribution is 0.310. The Morgan fingerprint density at radius 2 is 1.84 bits per heavy atom. The minimum absolute atomic E-state index is 0.291. The average molecular weight is 291 g/mol. The number of ether oxygens (including phenoxy) is 1. The van der Waals surface area contributed by atoms with Crippen LogP contribution in [0.4, 0.5) is 0 Å². The van der Waals surface area contributed by atoms with Gasteiger partial charge < -0.3 is 9.84 Å². The van der Waals surface area contributed by atoms with Crippen LogP contribution in [0.15, 0.2) is 48.5 Å². The molecule has 0 spiro atoms. The van der Waals surface area contributed by atoms with Gasteiger partial charge in [-0.15, -0.1) is 11.3 Å². The monoisotopic (exact) mass is 290 g/mol. The second kappa shape index (κ2) is 5.11. The molecule has 2 aromatic carbocycles. The minimum atomic E-state index is 0.291. The molecule has 0 amide bonds. The van der Waals surface area contributed by atoms with Crippen LogP contribution in [-0.4, -0.2) is 5.11 Å². The SMILES string of the molecule is Oc1ccc2cc(COc3ccc(Cl)cc3)sc2c1. The molecule has 96 valence electrons. The molecular formula is C15H11ClO2S. The number of rotatable bonds is 3. The van der Waals surface area contributed by atoms with Gasteiger partial charge in [-0.25, -0.2) is 0 Å². The Bertz CT molecular complexity index is 704. The Morgan fingerprint density at radius 1 is 1.05 bits per heavy atom. The highest BCUT2D eigenvalue weighted by molar-refractivity contribution is 7.19. The summed E-state index contributed by atoms with van der Waals surface area (Å²) in [6, 6.07) is 14.8. The number of thiophene rings is 1. The van der Waals surface area contributed by atoms with Crippen molar-refractivity contribution in [2.45, 2.75) is 6.61 Å². The quantitative estimate of drug-likeness (QED) is 0.748. The zero-order chi connectivity index (χ0) is 13.2. The topological polar surface area (TPSA) is 29.5 Å². The fraction of sp³-hybridized carbons (Fsp3) is 0.0667. The zero-order valence-corrected chi connectivity index (χ0v) is 11.5. The Kier molecular flexibility index (Phi) is 3.32. The fourth-order valence-electron chi connectivity index (χ4n) is 1.83. The zero-order valence-electron chi connectivity index (χ0n) is 9.97. The van der Waals surface area contributed by atoms with Crippen molar-refractivity contribution >= 4 is 33.0 Å². The van der Waals surface area contributed by atoms with E-state index in [9.17, 15) is 5.11 Å². The van der Waals surface area contributed by atoms with Crippen molar-refractivity contribution in [3.05, 3.63) is 58.4 Å². The van der Waals surface area contributed by atoms with Gasteiger partial charge in [-0.1, -0.05) is 11.6 Å². The standard InChI is InChI=1S/C15H11ClO2S/c16-11-2-5-13(6-3-11)18-9-14-7-10-1-4-12(17)8-15(10)19-14/h1-8,17H,9H2. The first kappa shape index (κ1) is 12.3. The number of phenols is 1. The number of phenolic OH excluding ortho intramolecular Hbond substituents is 1. The fourth-order valence-corrected chi connectivity index (χ4v) is 2.97. The molecule has 3 rings (SSSR count). The van der Waals surface area contributed by atoms with Gasteiger partial charge in [0.25, 0.3) is 0 Å². The first-order valence-corrected chi connectivity index (χ1v) is 7.00. The van der Waals surface area contributed by atoms with Crippen LogP contribution < -0.4 is 4.74 Å². The molecule has 0 aliphatic heterocycles. The largest absolute Gasteiger partial charge is 0.508 e. The maximum absolute atomic E-state index is 9.44. The highest BCUT2D eigenvalue weighted by Crippen LogP contribution is 2.29. The smallest absolute Gasteiger partial charge is 0.122 e. The van der Waals surface area contributed by atoms with Crippen molar-refractivity contribution in [3.63, 3.8) is 0 Å².